The zero-order valence-corrected chi connectivity index (χ0v) is 12.4. The van der Waals surface area contributed by atoms with E-state index in [9.17, 15) is 4.79 Å². The van der Waals surface area contributed by atoms with Crippen molar-refractivity contribution in [2.75, 3.05) is 13.6 Å². The van der Waals surface area contributed by atoms with Crippen LogP contribution < -0.4 is 5.32 Å². The van der Waals surface area contributed by atoms with E-state index in [0.29, 0.717) is 18.5 Å². The van der Waals surface area contributed by atoms with Crippen LogP contribution in [0.5, 0.6) is 0 Å². The number of likely N-dealkylation sites (tertiary alicyclic amines) is 1. The number of amides is 1. The summed E-state index contributed by atoms with van der Waals surface area (Å²) in [5.41, 5.74) is 3.99. The molecule has 0 saturated carbocycles. The van der Waals surface area contributed by atoms with Gasteiger partial charge in [0.25, 0.3) is 0 Å². The van der Waals surface area contributed by atoms with Crippen molar-refractivity contribution in [3.63, 3.8) is 0 Å². The fourth-order valence-corrected chi connectivity index (χ4v) is 2.63. The van der Waals surface area contributed by atoms with Gasteiger partial charge in [0.15, 0.2) is 0 Å². The number of nitrogens with zero attached hydrogens (tertiary/aromatic N) is 1. The van der Waals surface area contributed by atoms with Crippen molar-refractivity contribution in [1.82, 2.24) is 10.2 Å². The summed E-state index contributed by atoms with van der Waals surface area (Å²) >= 11 is 0. The average molecular weight is 260 g/mol. The molecule has 0 radical (unpaired) electrons. The summed E-state index contributed by atoms with van der Waals surface area (Å²) in [7, 11) is 1.89. The van der Waals surface area contributed by atoms with Crippen LogP contribution >= 0.6 is 0 Å². The minimum absolute atomic E-state index is 0.261. The van der Waals surface area contributed by atoms with Crippen LogP contribution in [-0.2, 0) is 4.79 Å². The molecule has 1 fully saturated rings. The van der Waals surface area contributed by atoms with Gasteiger partial charge in [0.1, 0.15) is 0 Å². The van der Waals surface area contributed by atoms with Gasteiger partial charge >= 0.3 is 0 Å². The highest BCUT2D eigenvalue weighted by Gasteiger charge is 2.23. The molecule has 1 saturated heterocycles. The van der Waals surface area contributed by atoms with Crippen LogP contribution in [0.2, 0.25) is 0 Å². The number of piperidine rings is 1. The third-order valence-electron chi connectivity index (χ3n) is 4.14. The number of hydrogen-bond donors (Lipinski definition) is 1. The van der Waals surface area contributed by atoms with Gasteiger partial charge in [-0.2, -0.15) is 0 Å². The third kappa shape index (κ3) is 3.35. The predicted molar refractivity (Wildman–Crippen MR) is 78.1 cm³/mol. The largest absolute Gasteiger partial charge is 0.344 e. The molecule has 1 aliphatic heterocycles. The average Bonchev–Trinajstić information content (AvgIpc) is 2.37. The molecule has 104 valence electrons. The van der Waals surface area contributed by atoms with Crippen LogP contribution in [0.1, 0.15) is 42.5 Å². The van der Waals surface area contributed by atoms with Crippen LogP contribution in [0.25, 0.3) is 0 Å². The summed E-state index contributed by atoms with van der Waals surface area (Å²) in [6, 6.07) is 7.35. The van der Waals surface area contributed by atoms with E-state index in [0.717, 1.165) is 13.0 Å². The number of carbonyl (C=O) groups excluding carboxylic acids is 1. The Hall–Kier alpha value is -1.35. The molecule has 2 unspecified atom stereocenters. The Morgan fingerprint density at radius 2 is 2.05 bits per heavy atom. The maximum Gasteiger partial charge on any atom is 0.222 e. The summed E-state index contributed by atoms with van der Waals surface area (Å²) in [6.45, 7) is 7.30. The van der Waals surface area contributed by atoms with Gasteiger partial charge in [-0.1, -0.05) is 18.2 Å². The quantitative estimate of drug-likeness (QED) is 0.906. The van der Waals surface area contributed by atoms with Crippen LogP contribution in [0, 0.1) is 13.8 Å². The lowest BCUT2D eigenvalue weighted by molar-refractivity contribution is -0.132. The maximum atomic E-state index is 11.5. The number of hydrogen-bond acceptors (Lipinski definition) is 2. The summed E-state index contributed by atoms with van der Waals surface area (Å²) in [4.78, 5) is 13.3. The molecule has 1 aromatic carbocycles. The van der Waals surface area contributed by atoms with Crippen molar-refractivity contribution in [3.8, 4) is 0 Å². The molecule has 2 rings (SSSR count). The van der Waals surface area contributed by atoms with Crippen LogP contribution in [0.4, 0.5) is 0 Å². The van der Waals surface area contributed by atoms with Crippen LogP contribution in [-0.4, -0.2) is 30.4 Å². The third-order valence-corrected chi connectivity index (χ3v) is 4.14. The molecule has 19 heavy (non-hydrogen) atoms. The van der Waals surface area contributed by atoms with E-state index in [4.69, 9.17) is 0 Å². The first-order chi connectivity index (χ1) is 8.97. The first-order valence-electron chi connectivity index (χ1n) is 7.04. The molecule has 0 spiro atoms. The first kappa shape index (κ1) is 14.1. The second-order valence-corrected chi connectivity index (χ2v) is 5.74. The van der Waals surface area contributed by atoms with Crippen LogP contribution in [0.3, 0.4) is 0 Å². The summed E-state index contributed by atoms with van der Waals surface area (Å²) in [6.07, 6.45) is 1.60. The smallest absolute Gasteiger partial charge is 0.222 e. The van der Waals surface area contributed by atoms with Gasteiger partial charge in [-0.05, 0) is 43.9 Å². The fraction of sp³-hybridized carbons (Fsp3) is 0.562. The highest BCUT2D eigenvalue weighted by atomic mass is 16.2. The number of aryl methyl sites for hydroxylation is 2. The minimum Gasteiger partial charge on any atom is -0.344 e. The Balaban J connectivity index is 1.98. The van der Waals surface area contributed by atoms with Crippen LogP contribution in [0.15, 0.2) is 18.2 Å². The van der Waals surface area contributed by atoms with E-state index >= 15 is 0 Å². The van der Waals surface area contributed by atoms with Crippen molar-refractivity contribution >= 4 is 5.91 Å². The maximum absolute atomic E-state index is 11.5. The summed E-state index contributed by atoms with van der Waals surface area (Å²) in [5.74, 6) is 0.261. The summed E-state index contributed by atoms with van der Waals surface area (Å²) in [5, 5.41) is 3.64. The lowest BCUT2D eigenvalue weighted by Gasteiger charge is -2.32. The number of carbonyl (C=O) groups is 1. The minimum atomic E-state index is 0.261. The van der Waals surface area contributed by atoms with Crippen molar-refractivity contribution in [3.05, 3.63) is 34.9 Å². The Kier molecular flexibility index (Phi) is 4.25. The Labute approximate surface area is 116 Å². The normalized spacial score (nSPS) is 21.6. The molecule has 0 aliphatic carbocycles. The van der Waals surface area contributed by atoms with E-state index in [-0.39, 0.29) is 5.91 Å². The van der Waals surface area contributed by atoms with Gasteiger partial charge in [0.2, 0.25) is 5.91 Å². The fourth-order valence-electron chi connectivity index (χ4n) is 2.63. The standard InChI is InChI=1S/C16H24N2O/c1-11-5-6-14(9-12(11)2)13(3)17-15-7-8-16(19)18(4)10-15/h5-6,9,13,15,17H,7-8,10H2,1-4H3. The second-order valence-electron chi connectivity index (χ2n) is 5.74. The zero-order chi connectivity index (χ0) is 14.0. The topological polar surface area (TPSA) is 32.3 Å². The predicted octanol–water partition coefficient (Wildman–Crippen LogP) is 2.57. The van der Waals surface area contributed by atoms with E-state index in [1.807, 2.05) is 11.9 Å². The molecular formula is C16H24N2O. The second kappa shape index (κ2) is 5.74. The SMILES string of the molecule is Cc1ccc(C(C)NC2CCC(=O)N(C)C2)cc1C. The molecule has 1 heterocycles. The molecule has 3 heteroatoms. The van der Waals surface area contributed by atoms with E-state index in [1.54, 1.807) is 0 Å². The Bertz CT molecular complexity index is 470. The lowest BCUT2D eigenvalue weighted by atomic mass is 9.99. The number of benzene rings is 1. The van der Waals surface area contributed by atoms with Gasteiger partial charge in [0, 0.05) is 32.1 Å². The van der Waals surface area contributed by atoms with Crippen molar-refractivity contribution in [1.29, 1.82) is 0 Å². The van der Waals surface area contributed by atoms with Crippen molar-refractivity contribution in [2.24, 2.45) is 0 Å². The van der Waals surface area contributed by atoms with E-state index in [1.165, 1.54) is 16.7 Å². The highest BCUT2D eigenvalue weighted by Crippen LogP contribution is 2.19. The number of rotatable bonds is 3. The molecule has 1 N–H and O–H groups in total. The molecule has 0 bridgehead atoms. The molecular weight excluding hydrogens is 236 g/mol. The summed E-state index contributed by atoms with van der Waals surface area (Å²) < 4.78 is 0. The highest BCUT2D eigenvalue weighted by molar-refractivity contribution is 5.76. The zero-order valence-electron chi connectivity index (χ0n) is 12.4. The number of likely N-dealkylation sites (N-methyl/N-ethyl adjacent to an activating group) is 1. The van der Waals surface area contributed by atoms with Gasteiger partial charge < -0.3 is 10.2 Å². The molecule has 1 aliphatic rings. The van der Waals surface area contributed by atoms with Gasteiger partial charge in [0.05, 0.1) is 0 Å². The molecule has 2 atom stereocenters. The lowest BCUT2D eigenvalue weighted by Crippen LogP contribution is -2.47. The monoisotopic (exact) mass is 260 g/mol. The van der Waals surface area contributed by atoms with Gasteiger partial charge in [-0.25, -0.2) is 0 Å². The van der Waals surface area contributed by atoms with Crippen molar-refractivity contribution < 1.29 is 4.79 Å². The molecule has 1 aromatic rings. The van der Waals surface area contributed by atoms with Crippen molar-refractivity contribution in [2.45, 2.75) is 45.7 Å². The van der Waals surface area contributed by atoms with Gasteiger partial charge in [-0.3, -0.25) is 4.79 Å². The molecule has 0 aromatic heterocycles. The molecule has 3 nitrogen and oxygen atoms in total. The first-order valence-corrected chi connectivity index (χ1v) is 7.04. The van der Waals surface area contributed by atoms with E-state index in [2.05, 4.69) is 44.3 Å². The Morgan fingerprint density at radius 3 is 2.68 bits per heavy atom. The Morgan fingerprint density at radius 1 is 1.32 bits per heavy atom. The van der Waals surface area contributed by atoms with E-state index < -0.39 is 0 Å². The van der Waals surface area contributed by atoms with Gasteiger partial charge in [-0.15, -0.1) is 0 Å². The number of nitrogens with one attached hydrogen (secondary N) is 1. The molecule has 1 amide bonds.